The van der Waals surface area contributed by atoms with Crippen LogP contribution in [-0.2, 0) is 11.3 Å². The fourth-order valence-corrected chi connectivity index (χ4v) is 2.53. The number of aryl methyl sites for hydroxylation is 1. The lowest BCUT2D eigenvalue weighted by molar-refractivity contribution is -0.121. The molecule has 0 aliphatic carbocycles. The summed E-state index contributed by atoms with van der Waals surface area (Å²) in [6.45, 7) is 7.22. The lowest BCUT2D eigenvalue weighted by Gasteiger charge is -2.10. The second kappa shape index (κ2) is 10.5. The van der Waals surface area contributed by atoms with Crippen molar-refractivity contribution in [3.63, 3.8) is 0 Å². The summed E-state index contributed by atoms with van der Waals surface area (Å²) in [5, 5.41) is 2.95. The molecule has 0 aliphatic heterocycles. The quantitative estimate of drug-likeness (QED) is 0.631. The van der Waals surface area contributed by atoms with E-state index in [4.69, 9.17) is 9.47 Å². The average Bonchev–Trinajstić information content (AvgIpc) is 2.60. The van der Waals surface area contributed by atoms with E-state index in [9.17, 15) is 4.79 Å². The van der Waals surface area contributed by atoms with Crippen molar-refractivity contribution in [3.05, 3.63) is 59.7 Å². The van der Waals surface area contributed by atoms with Gasteiger partial charge in [0, 0.05) is 13.0 Å². The molecule has 0 saturated carbocycles. The van der Waals surface area contributed by atoms with Crippen LogP contribution in [0.3, 0.4) is 0 Å². The van der Waals surface area contributed by atoms with Crippen molar-refractivity contribution in [2.45, 2.75) is 52.7 Å². The van der Waals surface area contributed by atoms with Crippen LogP contribution < -0.4 is 14.8 Å². The number of ether oxygens (including phenoxy) is 2. The summed E-state index contributed by atoms with van der Waals surface area (Å²) < 4.78 is 11.3. The van der Waals surface area contributed by atoms with Gasteiger partial charge in [-0.1, -0.05) is 24.3 Å². The third-order valence-electron chi connectivity index (χ3n) is 3.84. The molecule has 0 fully saturated rings. The highest BCUT2D eigenvalue weighted by Gasteiger charge is 2.03. The molecule has 0 spiro atoms. The molecule has 0 aromatic heterocycles. The Bertz CT molecular complexity index is 680. The Balaban J connectivity index is 1.58. The molecule has 0 atom stereocenters. The van der Waals surface area contributed by atoms with E-state index in [1.807, 2.05) is 69.3 Å². The van der Waals surface area contributed by atoms with Gasteiger partial charge in [-0.3, -0.25) is 4.79 Å². The molecule has 140 valence electrons. The van der Waals surface area contributed by atoms with E-state index >= 15 is 0 Å². The van der Waals surface area contributed by atoms with Crippen LogP contribution in [-0.4, -0.2) is 18.6 Å². The maximum absolute atomic E-state index is 11.9. The number of amides is 1. The maximum Gasteiger partial charge on any atom is 0.220 e. The van der Waals surface area contributed by atoms with E-state index in [0.717, 1.165) is 29.9 Å². The van der Waals surface area contributed by atoms with Crippen molar-refractivity contribution in [1.29, 1.82) is 0 Å². The minimum Gasteiger partial charge on any atom is -0.494 e. The highest BCUT2D eigenvalue weighted by molar-refractivity contribution is 5.75. The molecule has 4 heteroatoms. The Kier molecular flexibility index (Phi) is 8.00. The number of rotatable bonds is 10. The number of carbonyl (C=O) groups excluding carboxylic acids is 1. The van der Waals surface area contributed by atoms with Crippen molar-refractivity contribution < 1.29 is 14.3 Å². The lowest BCUT2D eigenvalue weighted by Crippen LogP contribution is -2.22. The van der Waals surface area contributed by atoms with E-state index < -0.39 is 0 Å². The summed E-state index contributed by atoms with van der Waals surface area (Å²) in [4.78, 5) is 11.9. The van der Waals surface area contributed by atoms with E-state index in [-0.39, 0.29) is 12.0 Å². The first-order chi connectivity index (χ1) is 12.5. The number of carbonyl (C=O) groups is 1. The van der Waals surface area contributed by atoms with Gasteiger partial charge in [0.1, 0.15) is 11.5 Å². The molecular weight excluding hydrogens is 326 g/mol. The molecule has 0 heterocycles. The zero-order chi connectivity index (χ0) is 18.8. The zero-order valence-electron chi connectivity index (χ0n) is 16.0. The first kappa shape index (κ1) is 19.8. The normalized spacial score (nSPS) is 10.6. The van der Waals surface area contributed by atoms with Crippen molar-refractivity contribution in [2.75, 3.05) is 6.61 Å². The molecule has 2 aromatic carbocycles. The Morgan fingerprint density at radius 3 is 2.50 bits per heavy atom. The fraction of sp³-hybridized carbons (Fsp3) is 0.409. The van der Waals surface area contributed by atoms with Crippen LogP contribution in [0.25, 0.3) is 0 Å². The summed E-state index contributed by atoms with van der Waals surface area (Å²) in [7, 11) is 0. The lowest BCUT2D eigenvalue weighted by atomic mass is 10.2. The van der Waals surface area contributed by atoms with Gasteiger partial charge in [-0.25, -0.2) is 0 Å². The summed E-state index contributed by atoms with van der Waals surface area (Å²) in [5.41, 5.74) is 2.25. The molecule has 1 N–H and O–H groups in total. The predicted molar refractivity (Wildman–Crippen MR) is 105 cm³/mol. The third kappa shape index (κ3) is 7.60. The van der Waals surface area contributed by atoms with E-state index in [2.05, 4.69) is 5.32 Å². The monoisotopic (exact) mass is 355 g/mol. The van der Waals surface area contributed by atoms with Crippen molar-refractivity contribution in [2.24, 2.45) is 0 Å². The Morgan fingerprint density at radius 2 is 1.81 bits per heavy atom. The number of nitrogens with one attached hydrogen (secondary N) is 1. The van der Waals surface area contributed by atoms with Gasteiger partial charge in [-0.05, 0) is 69.0 Å². The Labute approximate surface area is 156 Å². The van der Waals surface area contributed by atoms with E-state index in [1.54, 1.807) is 0 Å². The second-order valence-corrected chi connectivity index (χ2v) is 6.71. The molecule has 4 nitrogen and oxygen atoms in total. The van der Waals surface area contributed by atoms with Crippen molar-refractivity contribution in [3.8, 4) is 11.5 Å². The van der Waals surface area contributed by atoms with Crippen LogP contribution in [0.2, 0.25) is 0 Å². The molecule has 0 aliphatic rings. The summed E-state index contributed by atoms with van der Waals surface area (Å²) >= 11 is 0. The van der Waals surface area contributed by atoms with Gasteiger partial charge >= 0.3 is 0 Å². The van der Waals surface area contributed by atoms with Crippen LogP contribution in [0.15, 0.2) is 48.5 Å². The molecule has 0 unspecified atom stereocenters. The van der Waals surface area contributed by atoms with Gasteiger partial charge in [0.2, 0.25) is 5.91 Å². The summed E-state index contributed by atoms with van der Waals surface area (Å²) in [6, 6.07) is 15.8. The maximum atomic E-state index is 11.9. The summed E-state index contributed by atoms with van der Waals surface area (Å²) in [6.07, 6.45) is 2.36. The van der Waals surface area contributed by atoms with Gasteiger partial charge in [-0.2, -0.15) is 0 Å². The van der Waals surface area contributed by atoms with Crippen LogP contribution in [0.5, 0.6) is 11.5 Å². The average molecular weight is 355 g/mol. The number of hydrogen-bond acceptors (Lipinski definition) is 3. The van der Waals surface area contributed by atoms with Crippen molar-refractivity contribution >= 4 is 5.91 Å². The van der Waals surface area contributed by atoms with Crippen molar-refractivity contribution in [1.82, 2.24) is 5.32 Å². The van der Waals surface area contributed by atoms with Gasteiger partial charge in [0.25, 0.3) is 0 Å². The minimum atomic E-state index is 0.0723. The Hall–Kier alpha value is -2.49. The van der Waals surface area contributed by atoms with E-state index in [0.29, 0.717) is 19.6 Å². The number of hydrogen-bond donors (Lipinski definition) is 1. The SMILES string of the molecule is Cc1cccc(OCCCCC(=O)NCc2ccc(OC(C)C)cc2)c1. The highest BCUT2D eigenvalue weighted by Crippen LogP contribution is 2.14. The van der Waals surface area contributed by atoms with Crippen LogP contribution in [0.1, 0.15) is 44.2 Å². The molecule has 0 radical (unpaired) electrons. The summed E-state index contributed by atoms with van der Waals surface area (Å²) in [5.74, 6) is 1.81. The standard InChI is InChI=1S/C22H29NO3/c1-17(2)26-20-12-10-19(11-13-20)16-23-22(24)9-4-5-14-25-21-8-6-7-18(3)15-21/h6-8,10-13,15,17H,4-5,9,14,16H2,1-3H3,(H,23,24). The first-order valence-corrected chi connectivity index (χ1v) is 9.24. The molecule has 0 bridgehead atoms. The number of benzene rings is 2. The predicted octanol–water partition coefficient (Wildman–Crippen LogP) is 4.65. The topological polar surface area (TPSA) is 47.6 Å². The highest BCUT2D eigenvalue weighted by atomic mass is 16.5. The van der Waals surface area contributed by atoms with Gasteiger partial charge in [-0.15, -0.1) is 0 Å². The van der Waals surface area contributed by atoms with Crippen LogP contribution in [0.4, 0.5) is 0 Å². The smallest absolute Gasteiger partial charge is 0.220 e. The minimum absolute atomic E-state index is 0.0723. The van der Waals surface area contributed by atoms with Crippen LogP contribution in [0, 0.1) is 6.92 Å². The van der Waals surface area contributed by atoms with Crippen LogP contribution >= 0.6 is 0 Å². The first-order valence-electron chi connectivity index (χ1n) is 9.24. The molecular formula is C22H29NO3. The fourth-order valence-electron chi connectivity index (χ4n) is 2.53. The molecule has 0 saturated heterocycles. The molecule has 26 heavy (non-hydrogen) atoms. The van der Waals surface area contributed by atoms with E-state index in [1.165, 1.54) is 5.56 Å². The largest absolute Gasteiger partial charge is 0.494 e. The van der Waals surface area contributed by atoms with Gasteiger partial charge in [0.05, 0.1) is 12.7 Å². The Morgan fingerprint density at radius 1 is 1.04 bits per heavy atom. The molecule has 1 amide bonds. The van der Waals surface area contributed by atoms with Gasteiger partial charge in [0.15, 0.2) is 0 Å². The molecule has 2 rings (SSSR count). The third-order valence-corrected chi connectivity index (χ3v) is 3.84. The zero-order valence-corrected chi connectivity index (χ0v) is 16.0. The second-order valence-electron chi connectivity index (χ2n) is 6.71. The molecule has 2 aromatic rings. The number of unbranched alkanes of at least 4 members (excludes halogenated alkanes) is 1. The van der Waals surface area contributed by atoms with Gasteiger partial charge < -0.3 is 14.8 Å².